The highest BCUT2D eigenvalue weighted by Crippen LogP contribution is 2.24. The van der Waals surface area contributed by atoms with E-state index in [2.05, 4.69) is 17.3 Å². The first-order valence-electron chi connectivity index (χ1n) is 6.99. The van der Waals surface area contributed by atoms with Gasteiger partial charge >= 0.3 is 0 Å². The Morgan fingerprint density at radius 3 is 3.16 bits per heavy atom. The van der Waals surface area contributed by atoms with E-state index in [1.54, 1.807) is 18.5 Å². The van der Waals surface area contributed by atoms with Crippen molar-refractivity contribution in [3.63, 3.8) is 0 Å². The summed E-state index contributed by atoms with van der Waals surface area (Å²) in [6, 6.07) is 2.09. The van der Waals surface area contributed by atoms with Crippen molar-refractivity contribution < 1.29 is 4.79 Å². The van der Waals surface area contributed by atoms with Crippen molar-refractivity contribution in [1.82, 2.24) is 9.88 Å². The number of carbonyl (C=O) groups excluding carboxylic acids is 1. The van der Waals surface area contributed by atoms with Crippen molar-refractivity contribution in [1.29, 1.82) is 0 Å². The minimum absolute atomic E-state index is 0.0409. The molecule has 0 saturated carbocycles. The molecule has 0 radical (unpaired) electrons. The summed E-state index contributed by atoms with van der Waals surface area (Å²) in [5.41, 5.74) is 3.78. The van der Waals surface area contributed by atoms with Crippen molar-refractivity contribution in [2.75, 3.05) is 12.0 Å². The fraction of sp³-hybridized carbons (Fsp3) is 0.571. The Balaban J connectivity index is 2.21. The molecule has 2 heterocycles. The first-order chi connectivity index (χ1) is 9.27. The molecule has 2 rings (SSSR count). The molecule has 1 aromatic heterocycles. The third-order valence-corrected chi connectivity index (χ3v) is 3.72. The fourth-order valence-corrected chi connectivity index (χ4v) is 2.75. The van der Waals surface area contributed by atoms with Crippen molar-refractivity contribution >= 4 is 11.6 Å². The van der Waals surface area contributed by atoms with Gasteiger partial charge in [0.05, 0.1) is 11.3 Å². The average molecular weight is 262 g/mol. The summed E-state index contributed by atoms with van der Waals surface area (Å²) in [6.07, 6.45) is 8.79. The van der Waals surface area contributed by atoms with Crippen LogP contribution in [0, 0.1) is 0 Å². The number of hydrazine groups is 1. The zero-order chi connectivity index (χ0) is 13.7. The van der Waals surface area contributed by atoms with Gasteiger partial charge in [0.25, 0.3) is 5.91 Å². The van der Waals surface area contributed by atoms with Gasteiger partial charge in [-0.1, -0.05) is 13.3 Å². The molecular weight excluding hydrogens is 240 g/mol. The summed E-state index contributed by atoms with van der Waals surface area (Å²) in [7, 11) is 0. The third-order valence-electron chi connectivity index (χ3n) is 3.72. The minimum atomic E-state index is 0.0409. The number of rotatable bonds is 4. The van der Waals surface area contributed by atoms with Crippen LogP contribution in [-0.2, 0) is 0 Å². The molecule has 1 saturated heterocycles. The van der Waals surface area contributed by atoms with Gasteiger partial charge in [0.1, 0.15) is 0 Å². The summed E-state index contributed by atoms with van der Waals surface area (Å²) >= 11 is 0. The van der Waals surface area contributed by atoms with Crippen LogP contribution in [0.25, 0.3) is 0 Å². The average Bonchev–Trinajstić information content (AvgIpc) is 2.47. The van der Waals surface area contributed by atoms with E-state index in [0.717, 1.165) is 32.2 Å². The highest BCUT2D eigenvalue weighted by atomic mass is 16.2. The number of piperidine rings is 1. The van der Waals surface area contributed by atoms with E-state index in [0.29, 0.717) is 17.3 Å². The van der Waals surface area contributed by atoms with E-state index >= 15 is 0 Å². The maximum Gasteiger partial charge on any atom is 0.257 e. The highest BCUT2D eigenvalue weighted by Gasteiger charge is 2.28. The molecule has 1 fully saturated rings. The molecule has 3 N–H and O–H groups in total. The van der Waals surface area contributed by atoms with Crippen LogP contribution < -0.4 is 11.3 Å². The lowest BCUT2D eigenvalue weighted by Crippen LogP contribution is -2.44. The van der Waals surface area contributed by atoms with Crippen molar-refractivity contribution in [3.05, 3.63) is 24.0 Å². The van der Waals surface area contributed by atoms with Crippen LogP contribution in [0.1, 0.15) is 49.4 Å². The van der Waals surface area contributed by atoms with Crippen LogP contribution >= 0.6 is 0 Å². The summed E-state index contributed by atoms with van der Waals surface area (Å²) < 4.78 is 0. The Labute approximate surface area is 114 Å². The smallest absolute Gasteiger partial charge is 0.257 e. The number of nitrogens with one attached hydrogen (secondary N) is 1. The molecule has 1 amide bonds. The summed E-state index contributed by atoms with van der Waals surface area (Å²) in [5.74, 6) is 5.50. The number of aromatic nitrogens is 1. The normalized spacial score (nSPS) is 19.3. The second-order valence-corrected chi connectivity index (χ2v) is 5.00. The summed E-state index contributed by atoms with van der Waals surface area (Å²) in [5, 5.41) is 0. The molecule has 104 valence electrons. The standard InChI is InChI=1S/C14H22N4O/c1-2-5-11-6-3-4-9-18(11)14(19)12-10-16-8-7-13(12)17-15/h7-8,10-11H,2-6,9,15H2,1H3,(H,16,17). The van der Waals surface area contributed by atoms with Crippen molar-refractivity contribution in [2.45, 2.75) is 45.1 Å². The SMILES string of the molecule is CCCC1CCCCN1C(=O)c1cnccc1NN. The van der Waals surface area contributed by atoms with Gasteiger partial charge in [0, 0.05) is 25.0 Å². The summed E-state index contributed by atoms with van der Waals surface area (Å²) in [4.78, 5) is 18.7. The molecule has 1 aliphatic rings. The summed E-state index contributed by atoms with van der Waals surface area (Å²) in [6.45, 7) is 3.00. The fourth-order valence-electron chi connectivity index (χ4n) is 2.75. The molecule has 1 atom stereocenters. The zero-order valence-corrected chi connectivity index (χ0v) is 11.4. The lowest BCUT2D eigenvalue weighted by molar-refractivity contribution is 0.0601. The number of nitrogens with zero attached hydrogens (tertiary/aromatic N) is 2. The van der Waals surface area contributed by atoms with Crippen molar-refractivity contribution in [3.8, 4) is 0 Å². The number of pyridine rings is 1. The Hall–Kier alpha value is -1.62. The molecular formula is C14H22N4O. The number of nitrogen functional groups attached to an aromatic ring is 1. The maximum absolute atomic E-state index is 12.7. The number of nitrogens with two attached hydrogens (primary N) is 1. The van der Waals surface area contributed by atoms with Gasteiger partial charge in [0.2, 0.25) is 0 Å². The molecule has 0 aromatic carbocycles. The van der Waals surface area contributed by atoms with Crippen LogP contribution in [0.2, 0.25) is 0 Å². The maximum atomic E-state index is 12.7. The van der Waals surface area contributed by atoms with E-state index in [9.17, 15) is 4.79 Å². The quantitative estimate of drug-likeness (QED) is 0.644. The molecule has 0 spiro atoms. The molecule has 19 heavy (non-hydrogen) atoms. The second kappa shape index (κ2) is 6.52. The van der Waals surface area contributed by atoms with Gasteiger partial charge in [-0.25, -0.2) is 0 Å². The molecule has 0 bridgehead atoms. The molecule has 0 aliphatic carbocycles. The van der Waals surface area contributed by atoms with Gasteiger partial charge < -0.3 is 10.3 Å². The van der Waals surface area contributed by atoms with E-state index in [4.69, 9.17) is 5.84 Å². The van der Waals surface area contributed by atoms with Crippen LogP contribution in [0.5, 0.6) is 0 Å². The highest BCUT2D eigenvalue weighted by molar-refractivity contribution is 5.99. The van der Waals surface area contributed by atoms with Crippen molar-refractivity contribution in [2.24, 2.45) is 5.84 Å². The van der Waals surface area contributed by atoms with E-state index in [1.165, 1.54) is 6.42 Å². The van der Waals surface area contributed by atoms with Crippen LogP contribution in [0.4, 0.5) is 5.69 Å². The lowest BCUT2D eigenvalue weighted by Gasteiger charge is -2.36. The Kier molecular flexibility index (Phi) is 4.74. The van der Waals surface area contributed by atoms with Crippen LogP contribution in [0.15, 0.2) is 18.5 Å². The first-order valence-corrected chi connectivity index (χ1v) is 6.99. The number of likely N-dealkylation sites (tertiary alicyclic amines) is 1. The minimum Gasteiger partial charge on any atom is -0.336 e. The lowest BCUT2D eigenvalue weighted by atomic mass is 9.97. The monoisotopic (exact) mass is 262 g/mol. The molecule has 5 heteroatoms. The van der Waals surface area contributed by atoms with E-state index < -0.39 is 0 Å². The molecule has 5 nitrogen and oxygen atoms in total. The number of carbonyl (C=O) groups is 1. The van der Waals surface area contributed by atoms with Gasteiger partial charge in [-0.3, -0.25) is 15.6 Å². The van der Waals surface area contributed by atoms with Crippen LogP contribution in [-0.4, -0.2) is 28.4 Å². The molecule has 1 aliphatic heterocycles. The number of hydrogen-bond acceptors (Lipinski definition) is 4. The van der Waals surface area contributed by atoms with Gasteiger partial charge in [-0.05, 0) is 31.7 Å². The molecule has 1 unspecified atom stereocenters. The van der Waals surface area contributed by atoms with Gasteiger partial charge in [-0.2, -0.15) is 0 Å². The third kappa shape index (κ3) is 3.04. The van der Waals surface area contributed by atoms with Gasteiger partial charge in [-0.15, -0.1) is 0 Å². The number of anilines is 1. The zero-order valence-electron chi connectivity index (χ0n) is 11.4. The Bertz CT molecular complexity index is 433. The topological polar surface area (TPSA) is 71.2 Å². The predicted octanol–water partition coefficient (Wildman–Crippen LogP) is 2.16. The Morgan fingerprint density at radius 1 is 1.58 bits per heavy atom. The second-order valence-electron chi connectivity index (χ2n) is 5.00. The molecule has 1 aromatic rings. The number of hydrogen-bond donors (Lipinski definition) is 2. The Morgan fingerprint density at radius 2 is 2.42 bits per heavy atom. The largest absolute Gasteiger partial charge is 0.336 e. The van der Waals surface area contributed by atoms with E-state index in [1.807, 2.05) is 4.90 Å². The van der Waals surface area contributed by atoms with E-state index in [-0.39, 0.29) is 5.91 Å². The number of amides is 1. The van der Waals surface area contributed by atoms with Crippen LogP contribution in [0.3, 0.4) is 0 Å². The van der Waals surface area contributed by atoms with Gasteiger partial charge in [0.15, 0.2) is 0 Å². The predicted molar refractivity (Wildman–Crippen MR) is 75.6 cm³/mol. The first kappa shape index (κ1) is 13.8.